The molecule has 1 aromatic heterocycles. The van der Waals surface area contributed by atoms with Crippen molar-refractivity contribution in [1.29, 1.82) is 0 Å². The second kappa shape index (κ2) is 9.20. The standard InChI is InChI=1S/C25H26N4O4/c1-16-24(30)28(2)20-12-13-22(27-23(20)29(16)15-17-8-6-5-7-9-17)26-19-11-10-18(25(31)33-4)14-21(19)32-3/h5-14,16H,15H2,1-4H3,(H,26,27)/t16-/m1/s1. The molecule has 1 aliphatic rings. The highest BCUT2D eigenvalue weighted by molar-refractivity contribution is 6.04. The zero-order valence-electron chi connectivity index (χ0n) is 19.0. The Hall–Kier alpha value is -4.07. The van der Waals surface area contributed by atoms with E-state index in [0.717, 1.165) is 11.3 Å². The Morgan fingerprint density at radius 2 is 1.85 bits per heavy atom. The number of nitrogens with one attached hydrogen (secondary N) is 1. The summed E-state index contributed by atoms with van der Waals surface area (Å²) in [6.45, 7) is 2.45. The molecule has 4 rings (SSSR count). The van der Waals surface area contributed by atoms with Gasteiger partial charge in [-0.1, -0.05) is 30.3 Å². The van der Waals surface area contributed by atoms with Crippen LogP contribution in [0.5, 0.6) is 5.75 Å². The SMILES string of the molecule is COC(=O)c1ccc(Nc2ccc3c(n2)N(Cc2ccccc2)[C@H](C)C(=O)N3C)c(OC)c1. The van der Waals surface area contributed by atoms with Crippen molar-refractivity contribution in [2.75, 3.05) is 36.4 Å². The van der Waals surface area contributed by atoms with Gasteiger partial charge >= 0.3 is 5.97 Å². The highest BCUT2D eigenvalue weighted by Crippen LogP contribution is 2.37. The monoisotopic (exact) mass is 446 g/mol. The number of fused-ring (bicyclic) bond motifs is 1. The highest BCUT2D eigenvalue weighted by atomic mass is 16.5. The maximum absolute atomic E-state index is 12.8. The lowest BCUT2D eigenvalue weighted by molar-refractivity contribution is -0.119. The van der Waals surface area contributed by atoms with Gasteiger partial charge in [0, 0.05) is 13.6 Å². The topological polar surface area (TPSA) is 84.0 Å². The zero-order valence-corrected chi connectivity index (χ0v) is 19.0. The molecule has 8 nitrogen and oxygen atoms in total. The van der Waals surface area contributed by atoms with Crippen molar-refractivity contribution in [1.82, 2.24) is 4.98 Å². The summed E-state index contributed by atoms with van der Waals surface area (Å²) in [6.07, 6.45) is 0. The van der Waals surface area contributed by atoms with Gasteiger partial charge in [-0.15, -0.1) is 0 Å². The first-order valence-corrected chi connectivity index (χ1v) is 10.6. The highest BCUT2D eigenvalue weighted by Gasteiger charge is 2.34. The van der Waals surface area contributed by atoms with Gasteiger partial charge in [0.2, 0.25) is 5.91 Å². The van der Waals surface area contributed by atoms with E-state index in [0.29, 0.717) is 35.2 Å². The lowest BCUT2D eigenvalue weighted by Crippen LogP contribution is -2.50. The number of carbonyl (C=O) groups excluding carboxylic acids is 2. The summed E-state index contributed by atoms with van der Waals surface area (Å²) in [6, 6.07) is 18.3. The number of carbonyl (C=O) groups is 2. The van der Waals surface area contributed by atoms with E-state index in [1.165, 1.54) is 14.2 Å². The van der Waals surface area contributed by atoms with E-state index in [4.69, 9.17) is 14.5 Å². The first-order valence-electron chi connectivity index (χ1n) is 10.6. The average Bonchev–Trinajstić information content (AvgIpc) is 2.85. The summed E-state index contributed by atoms with van der Waals surface area (Å²) in [5, 5.41) is 3.26. The Balaban J connectivity index is 1.69. The zero-order chi connectivity index (χ0) is 23.5. The van der Waals surface area contributed by atoms with Crippen molar-refractivity contribution >= 4 is 34.9 Å². The molecule has 8 heteroatoms. The number of methoxy groups -OCH3 is 2. The molecule has 0 bridgehead atoms. The minimum absolute atomic E-state index is 0.0148. The fourth-order valence-electron chi connectivity index (χ4n) is 3.87. The maximum atomic E-state index is 12.8. The average molecular weight is 447 g/mol. The minimum Gasteiger partial charge on any atom is -0.495 e. The van der Waals surface area contributed by atoms with Crippen LogP contribution in [-0.2, 0) is 16.1 Å². The van der Waals surface area contributed by atoms with Crippen molar-refractivity contribution in [3.05, 3.63) is 71.8 Å². The number of benzene rings is 2. The number of aromatic nitrogens is 1. The van der Waals surface area contributed by atoms with Crippen LogP contribution in [-0.4, -0.2) is 44.2 Å². The van der Waals surface area contributed by atoms with Crippen LogP contribution in [0, 0.1) is 0 Å². The van der Waals surface area contributed by atoms with Gasteiger partial charge in [-0.25, -0.2) is 9.78 Å². The third-order valence-electron chi connectivity index (χ3n) is 5.72. The Morgan fingerprint density at radius 3 is 2.55 bits per heavy atom. The summed E-state index contributed by atoms with van der Waals surface area (Å²) in [5.74, 6) is 1.36. The normalized spacial score (nSPS) is 15.2. The lowest BCUT2D eigenvalue weighted by atomic mass is 10.1. The number of pyridine rings is 1. The molecule has 0 fully saturated rings. The van der Waals surface area contributed by atoms with E-state index in [-0.39, 0.29) is 11.9 Å². The smallest absolute Gasteiger partial charge is 0.337 e. The van der Waals surface area contributed by atoms with E-state index in [1.54, 1.807) is 30.1 Å². The molecular weight excluding hydrogens is 420 g/mol. The van der Waals surface area contributed by atoms with Crippen LogP contribution >= 0.6 is 0 Å². The van der Waals surface area contributed by atoms with Crippen molar-refractivity contribution in [2.24, 2.45) is 0 Å². The third-order valence-corrected chi connectivity index (χ3v) is 5.72. The Bertz CT molecular complexity index is 1180. The molecule has 2 heterocycles. The number of rotatable bonds is 6. The van der Waals surface area contributed by atoms with Crippen LogP contribution < -0.4 is 19.9 Å². The number of hydrogen-bond donors (Lipinski definition) is 1. The van der Waals surface area contributed by atoms with Crippen molar-refractivity contribution in [3.63, 3.8) is 0 Å². The molecule has 2 aromatic carbocycles. The number of likely N-dealkylation sites (N-methyl/N-ethyl adjacent to an activating group) is 1. The molecule has 0 unspecified atom stereocenters. The predicted molar refractivity (Wildman–Crippen MR) is 127 cm³/mol. The van der Waals surface area contributed by atoms with Crippen molar-refractivity contribution in [2.45, 2.75) is 19.5 Å². The van der Waals surface area contributed by atoms with Gasteiger partial charge in [-0.3, -0.25) is 4.79 Å². The number of esters is 1. The molecule has 1 N–H and O–H groups in total. The fraction of sp³-hybridized carbons (Fsp3) is 0.240. The summed E-state index contributed by atoms with van der Waals surface area (Å²) >= 11 is 0. The number of amides is 1. The third kappa shape index (κ3) is 4.32. The molecular formula is C25H26N4O4. The fourth-order valence-corrected chi connectivity index (χ4v) is 3.87. The first kappa shape index (κ1) is 22.1. The molecule has 1 amide bonds. The van der Waals surface area contributed by atoms with Gasteiger partial charge in [0.15, 0.2) is 5.82 Å². The first-order chi connectivity index (χ1) is 15.9. The quantitative estimate of drug-likeness (QED) is 0.573. The van der Waals surface area contributed by atoms with Gasteiger partial charge in [0.1, 0.15) is 17.6 Å². The van der Waals surface area contributed by atoms with Crippen LogP contribution in [0.3, 0.4) is 0 Å². The summed E-state index contributed by atoms with van der Waals surface area (Å²) in [4.78, 5) is 33.2. The van der Waals surface area contributed by atoms with Gasteiger partial charge in [-0.05, 0) is 42.8 Å². The van der Waals surface area contributed by atoms with E-state index in [1.807, 2.05) is 54.3 Å². The second-order valence-electron chi connectivity index (χ2n) is 7.76. The van der Waals surface area contributed by atoms with E-state index in [9.17, 15) is 9.59 Å². The minimum atomic E-state index is -0.440. The summed E-state index contributed by atoms with van der Waals surface area (Å²) in [7, 11) is 4.63. The molecule has 33 heavy (non-hydrogen) atoms. The maximum Gasteiger partial charge on any atom is 0.337 e. The van der Waals surface area contributed by atoms with E-state index >= 15 is 0 Å². The molecule has 0 radical (unpaired) electrons. The number of hydrogen-bond acceptors (Lipinski definition) is 7. The van der Waals surface area contributed by atoms with Gasteiger partial charge < -0.3 is 24.6 Å². The molecule has 0 spiro atoms. The van der Waals surface area contributed by atoms with Crippen LogP contribution in [0.1, 0.15) is 22.8 Å². The molecule has 0 aliphatic carbocycles. The Labute approximate surface area is 192 Å². The molecule has 1 aliphatic heterocycles. The number of ether oxygens (including phenoxy) is 2. The molecule has 0 saturated heterocycles. The molecule has 170 valence electrons. The summed E-state index contributed by atoms with van der Waals surface area (Å²) < 4.78 is 10.2. The molecule has 3 aromatic rings. The van der Waals surface area contributed by atoms with Crippen molar-refractivity contribution in [3.8, 4) is 5.75 Å². The largest absolute Gasteiger partial charge is 0.495 e. The number of anilines is 4. The van der Waals surface area contributed by atoms with Gasteiger partial charge in [-0.2, -0.15) is 0 Å². The van der Waals surface area contributed by atoms with Crippen LogP contribution in [0.15, 0.2) is 60.7 Å². The Kier molecular flexibility index (Phi) is 6.17. The van der Waals surface area contributed by atoms with Gasteiger partial charge in [0.05, 0.1) is 31.2 Å². The number of nitrogens with zero attached hydrogens (tertiary/aromatic N) is 3. The van der Waals surface area contributed by atoms with Crippen LogP contribution in [0.4, 0.5) is 23.0 Å². The van der Waals surface area contributed by atoms with Crippen LogP contribution in [0.25, 0.3) is 0 Å². The van der Waals surface area contributed by atoms with Crippen LogP contribution in [0.2, 0.25) is 0 Å². The molecule has 1 atom stereocenters. The van der Waals surface area contributed by atoms with Gasteiger partial charge in [0.25, 0.3) is 0 Å². The predicted octanol–water partition coefficient (Wildman–Crippen LogP) is 3.99. The second-order valence-corrected chi connectivity index (χ2v) is 7.76. The summed E-state index contributed by atoms with van der Waals surface area (Å²) in [5.41, 5.74) is 2.88. The Morgan fingerprint density at radius 1 is 1.09 bits per heavy atom. The van der Waals surface area contributed by atoms with E-state index < -0.39 is 5.97 Å². The van der Waals surface area contributed by atoms with Crippen molar-refractivity contribution < 1.29 is 19.1 Å². The lowest BCUT2D eigenvalue weighted by Gasteiger charge is -2.39. The molecule has 0 saturated carbocycles. The van der Waals surface area contributed by atoms with E-state index in [2.05, 4.69) is 5.32 Å².